The van der Waals surface area contributed by atoms with E-state index < -0.39 is 21.5 Å². The van der Waals surface area contributed by atoms with Gasteiger partial charge in [-0.1, -0.05) is 6.07 Å². The number of hydrogen-bond donors (Lipinski definition) is 2. The van der Waals surface area contributed by atoms with Gasteiger partial charge in [0.05, 0.1) is 15.3 Å². The molecular weight excluding hydrogens is 436 g/mol. The molecular formula is C22H22N2O5S2. The fraction of sp³-hybridized carbons (Fsp3) is 0.182. The maximum atomic E-state index is 12.4. The smallest absolute Gasteiger partial charge is 0.343 e. The lowest BCUT2D eigenvalue weighted by Gasteiger charge is -2.20. The molecule has 3 rings (SSSR count). The van der Waals surface area contributed by atoms with Gasteiger partial charge in [0.15, 0.2) is 0 Å². The summed E-state index contributed by atoms with van der Waals surface area (Å²) in [6.45, 7) is 5.24. The minimum Gasteiger partial charge on any atom is -0.423 e. The molecule has 1 aromatic heterocycles. The molecule has 0 radical (unpaired) electrons. The normalized spacial score (nSPS) is 11.7. The number of rotatable bonds is 6. The second-order valence-electron chi connectivity index (χ2n) is 7.73. The summed E-state index contributed by atoms with van der Waals surface area (Å²) in [5.74, 6) is -0.538. The molecule has 2 N–H and O–H groups in total. The first kappa shape index (κ1) is 22.7. The van der Waals surface area contributed by atoms with Gasteiger partial charge in [-0.25, -0.2) is 17.9 Å². The summed E-state index contributed by atoms with van der Waals surface area (Å²) >= 11 is 1.34. The number of anilines is 1. The van der Waals surface area contributed by atoms with E-state index in [1.807, 2.05) is 5.38 Å². The van der Waals surface area contributed by atoms with Gasteiger partial charge in [0.1, 0.15) is 5.75 Å². The third kappa shape index (κ3) is 6.24. The van der Waals surface area contributed by atoms with Crippen LogP contribution >= 0.6 is 11.3 Å². The lowest BCUT2D eigenvalue weighted by atomic mass is 10.1. The average Bonchev–Trinajstić information content (AvgIpc) is 3.23. The Morgan fingerprint density at radius 3 is 2.13 bits per heavy atom. The standard InChI is InChI=1S/C22H22N2O5S2/c1-22(2,3)24-31(27,28)18-12-6-15(7-13-18)21(26)29-17-10-8-16(9-11-17)23-20(25)19-5-4-14-30-19/h4-14,24H,1-3H3,(H,23,25). The number of nitrogens with one attached hydrogen (secondary N) is 2. The zero-order valence-corrected chi connectivity index (χ0v) is 18.8. The second-order valence-corrected chi connectivity index (χ2v) is 10.4. The van der Waals surface area contributed by atoms with Crippen molar-refractivity contribution >= 4 is 38.9 Å². The van der Waals surface area contributed by atoms with E-state index in [0.29, 0.717) is 16.3 Å². The molecule has 0 unspecified atom stereocenters. The van der Waals surface area contributed by atoms with Crippen molar-refractivity contribution in [3.8, 4) is 5.75 Å². The highest BCUT2D eigenvalue weighted by molar-refractivity contribution is 7.89. The van der Waals surface area contributed by atoms with Gasteiger partial charge >= 0.3 is 5.97 Å². The summed E-state index contributed by atoms with van der Waals surface area (Å²) in [5.41, 5.74) is 0.162. The molecule has 0 saturated carbocycles. The van der Waals surface area contributed by atoms with Gasteiger partial charge in [-0.15, -0.1) is 11.3 Å². The van der Waals surface area contributed by atoms with Crippen molar-refractivity contribution < 1.29 is 22.7 Å². The number of esters is 1. The lowest BCUT2D eigenvalue weighted by molar-refractivity contribution is 0.0734. The topological polar surface area (TPSA) is 102 Å². The van der Waals surface area contributed by atoms with Crippen molar-refractivity contribution in [3.05, 3.63) is 76.5 Å². The monoisotopic (exact) mass is 458 g/mol. The maximum Gasteiger partial charge on any atom is 0.343 e. The van der Waals surface area contributed by atoms with E-state index in [2.05, 4.69) is 10.0 Å². The summed E-state index contributed by atoms with van der Waals surface area (Å²) in [5, 5.41) is 4.58. The molecule has 3 aromatic rings. The first-order valence-electron chi connectivity index (χ1n) is 9.35. The molecule has 1 heterocycles. The largest absolute Gasteiger partial charge is 0.423 e. The highest BCUT2D eigenvalue weighted by Crippen LogP contribution is 2.20. The zero-order valence-electron chi connectivity index (χ0n) is 17.2. The number of amides is 1. The molecule has 31 heavy (non-hydrogen) atoms. The second kappa shape index (κ2) is 9.01. The molecule has 0 aliphatic rings. The van der Waals surface area contributed by atoms with Gasteiger partial charge in [0.25, 0.3) is 5.91 Å². The Morgan fingerprint density at radius 2 is 1.58 bits per heavy atom. The number of carbonyl (C=O) groups excluding carboxylic acids is 2. The SMILES string of the molecule is CC(C)(C)NS(=O)(=O)c1ccc(C(=O)Oc2ccc(NC(=O)c3cccs3)cc2)cc1. The molecule has 2 aromatic carbocycles. The van der Waals surface area contributed by atoms with E-state index in [4.69, 9.17) is 4.74 Å². The Labute approximate surface area is 185 Å². The molecule has 9 heteroatoms. The van der Waals surface area contributed by atoms with Crippen LogP contribution in [-0.4, -0.2) is 25.8 Å². The number of benzene rings is 2. The van der Waals surface area contributed by atoms with E-state index in [1.54, 1.807) is 57.2 Å². The van der Waals surface area contributed by atoms with Gasteiger partial charge in [0, 0.05) is 11.2 Å². The summed E-state index contributed by atoms with van der Waals surface area (Å²) < 4.78 is 32.6. The molecule has 0 spiro atoms. The molecule has 0 bridgehead atoms. The van der Waals surface area contributed by atoms with E-state index in [-0.39, 0.29) is 16.4 Å². The predicted octanol–water partition coefficient (Wildman–Crippen LogP) is 4.30. The number of ether oxygens (including phenoxy) is 1. The van der Waals surface area contributed by atoms with Gasteiger partial charge in [-0.3, -0.25) is 4.79 Å². The van der Waals surface area contributed by atoms with Crippen molar-refractivity contribution in [2.24, 2.45) is 0 Å². The maximum absolute atomic E-state index is 12.4. The van der Waals surface area contributed by atoms with Crippen LogP contribution in [0.1, 0.15) is 40.8 Å². The average molecular weight is 459 g/mol. The summed E-state index contributed by atoms with van der Waals surface area (Å²) in [7, 11) is -3.69. The molecule has 1 amide bonds. The van der Waals surface area contributed by atoms with Gasteiger partial charge < -0.3 is 10.1 Å². The van der Waals surface area contributed by atoms with E-state index >= 15 is 0 Å². The van der Waals surface area contributed by atoms with Crippen LogP contribution in [0.2, 0.25) is 0 Å². The Bertz CT molecular complexity index is 1160. The summed E-state index contributed by atoms with van der Waals surface area (Å²) in [4.78, 5) is 25.1. The third-order valence-corrected chi connectivity index (χ3v) is 6.55. The molecule has 0 atom stereocenters. The van der Waals surface area contributed by atoms with Crippen LogP contribution in [0.25, 0.3) is 0 Å². The Morgan fingerprint density at radius 1 is 0.935 bits per heavy atom. The number of hydrogen-bond acceptors (Lipinski definition) is 6. The van der Waals surface area contributed by atoms with E-state index in [1.165, 1.54) is 35.6 Å². The fourth-order valence-corrected chi connectivity index (χ4v) is 4.64. The van der Waals surface area contributed by atoms with Crippen LogP contribution in [-0.2, 0) is 10.0 Å². The van der Waals surface area contributed by atoms with Crippen molar-refractivity contribution in [3.63, 3.8) is 0 Å². The number of thiophene rings is 1. The molecule has 162 valence electrons. The number of sulfonamides is 1. The van der Waals surface area contributed by atoms with E-state index in [0.717, 1.165) is 0 Å². The number of carbonyl (C=O) groups is 2. The predicted molar refractivity (Wildman–Crippen MR) is 120 cm³/mol. The Balaban J connectivity index is 1.63. The summed E-state index contributed by atoms with van der Waals surface area (Å²) in [6.07, 6.45) is 0. The van der Waals surface area contributed by atoms with E-state index in [9.17, 15) is 18.0 Å². The first-order valence-corrected chi connectivity index (χ1v) is 11.7. The van der Waals surface area contributed by atoms with Crippen molar-refractivity contribution in [2.45, 2.75) is 31.2 Å². The first-order chi connectivity index (χ1) is 14.5. The van der Waals surface area contributed by atoms with Crippen LogP contribution < -0.4 is 14.8 Å². The molecule has 0 aliphatic heterocycles. The summed E-state index contributed by atoms with van der Waals surface area (Å²) in [6, 6.07) is 15.4. The van der Waals surface area contributed by atoms with Crippen molar-refractivity contribution in [1.82, 2.24) is 4.72 Å². The zero-order chi connectivity index (χ0) is 22.6. The highest BCUT2D eigenvalue weighted by atomic mass is 32.2. The molecule has 0 aliphatic carbocycles. The Kier molecular flexibility index (Phi) is 6.59. The van der Waals surface area contributed by atoms with Crippen LogP contribution in [0.15, 0.2) is 70.9 Å². The van der Waals surface area contributed by atoms with Gasteiger partial charge in [-0.05, 0) is 80.7 Å². The highest BCUT2D eigenvalue weighted by Gasteiger charge is 2.22. The van der Waals surface area contributed by atoms with Crippen molar-refractivity contribution in [1.29, 1.82) is 0 Å². The van der Waals surface area contributed by atoms with Crippen LogP contribution in [0, 0.1) is 0 Å². The fourth-order valence-electron chi connectivity index (χ4n) is 2.60. The Hall–Kier alpha value is -3.01. The van der Waals surface area contributed by atoms with Crippen LogP contribution in [0.4, 0.5) is 5.69 Å². The minimum atomic E-state index is -3.69. The van der Waals surface area contributed by atoms with Gasteiger partial charge in [0.2, 0.25) is 10.0 Å². The molecule has 0 fully saturated rings. The van der Waals surface area contributed by atoms with Crippen molar-refractivity contribution in [2.75, 3.05) is 5.32 Å². The van der Waals surface area contributed by atoms with Crippen LogP contribution in [0.3, 0.4) is 0 Å². The minimum absolute atomic E-state index is 0.0600. The molecule has 0 saturated heterocycles. The third-order valence-electron chi connectivity index (χ3n) is 3.91. The van der Waals surface area contributed by atoms with Gasteiger partial charge in [-0.2, -0.15) is 0 Å². The quantitative estimate of drug-likeness (QED) is 0.424. The molecule has 7 nitrogen and oxygen atoms in total. The lowest BCUT2D eigenvalue weighted by Crippen LogP contribution is -2.40. The van der Waals surface area contributed by atoms with Crippen LogP contribution in [0.5, 0.6) is 5.75 Å².